The van der Waals surface area contributed by atoms with Crippen molar-refractivity contribution in [2.45, 2.75) is 38.5 Å². The van der Waals surface area contributed by atoms with Crippen molar-refractivity contribution >= 4 is 5.78 Å². The Morgan fingerprint density at radius 1 is 1.00 bits per heavy atom. The summed E-state index contributed by atoms with van der Waals surface area (Å²) in [5.41, 5.74) is 0.934. The van der Waals surface area contributed by atoms with Crippen LogP contribution in [0.2, 0.25) is 0 Å². The number of carbonyl (C=O) groups is 1. The lowest BCUT2D eigenvalue weighted by Crippen LogP contribution is -2.49. The van der Waals surface area contributed by atoms with E-state index in [0.717, 1.165) is 37.9 Å². The summed E-state index contributed by atoms with van der Waals surface area (Å²) in [5, 5.41) is 5.00. The second-order valence-corrected chi connectivity index (χ2v) is 6.10. The van der Waals surface area contributed by atoms with Gasteiger partial charge in [0.1, 0.15) is 0 Å². The van der Waals surface area contributed by atoms with Gasteiger partial charge < -0.3 is 0 Å². The molecule has 2 aliphatic heterocycles. The molecule has 3 rings (SSSR count). The molecule has 109 valence electrons. The third kappa shape index (κ3) is 3.21. The first-order chi connectivity index (χ1) is 9.84. The number of carbonyl (C=O) groups excluding carboxylic acids is 1. The van der Waals surface area contributed by atoms with Gasteiger partial charge in [-0.1, -0.05) is 24.6 Å². The SMILES string of the molecule is O=C(C1=CC=CC[CH]1)C1CCN(N2CCCCC2)CC1. The molecule has 0 atom stereocenters. The van der Waals surface area contributed by atoms with Crippen molar-refractivity contribution in [2.24, 2.45) is 5.92 Å². The second-order valence-electron chi connectivity index (χ2n) is 6.10. The van der Waals surface area contributed by atoms with Crippen LogP contribution < -0.4 is 0 Å². The van der Waals surface area contributed by atoms with Crippen LogP contribution >= 0.6 is 0 Å². The zero-order chi connectivity index (χ0) is 13.8. The van der Waals surface area contributed by atoms with Gasteiger partial charge in [-0.15, -0.1) is 0 Å². The van der Waals surface area contributed by atoms with Gasteiger partial charge in [0, 0.05) is 32.1 Å². The first-order valence-electron chi connectivity index (χ1n) is 8.08. The standard InChI is InChI=1S/C17H25N2O/c20-17(15-7-3-1-4-8-15)16-9-13-19(14-10-16)18-11-5-2-6-12-18/h1,3,7-8,16H,2,4-6,9-14H2. The van der Waals surface area contributed by atoms with Crippen LogP contribution in [0.4, 0.5) is 0 Å². The van der Waals surface area contributed by atoms with E-state index in [1.165, 1.54) is 32.4 Å². The number of rotatable bonds is 3. The highest BCUT2D eigenvalue weighted by atomic mass is 16.1. The monoisotopic (exact) mass is 273 g/mol. The maximum Gasteiger partial charge on any atom is 0.162 e. The Hall–Kier alpha value is -0.930. The third-order valence-electron chi connectivity index (χ3n) is 4.74. The Morgan fingerprint density at radius 3 is 2.35 bits per heavy atom. The fourth-order valence-electron chi connectivity index (χ4n) is 3.50. The van der Waals surface area contributed by atoms with Crippen molar-refractivity contribution in [1.29, 1.82) is 0 Å². The molecule has 1 radical (unpaired) electrons. The summed E-state index contributed by atoms with van der Waals surface area (Å²) in [5.74, 6) is 0.609. The summed E-state index contributed by atoms with van der Waals surface area (Å²) >= 11 is 0. The normalized spacial score (nSPS) is 26.5. The van der Waals surface area contributed by atoms with Crippen molar-refractivity contribution in [3.8, 4) is 0 Å². The molecule has 0 spiro atoms. The van der Waals surface area contributed by atoms with Crippen LogP contribution in [0, 0.1) is 12.3 Å². The molecule has 3 heteroatoms. The van der Waals surface area contributed by atoms with E-state index in [1.807, 2.05) is 12.2 Å². The van der Waals surface area contributed by atoms with E-state index in [0.29, 0.717) is 5.78 Å². The van der Waals surface area contributed by atoms with E-state index in [-0.39, 0.29) is 5.92 Å². The quantitative estimate of drug-likeness (QED) is 0.790. The summed E-state index contributed by atoms with van der Waals surface area (Å²) in [4.78, 5) is 12.5. The van der Waals surface area contributed by atoms with E-state index in [9.17, 15) is 4.79 Å². The first-order valence-corrected chi connectivity index (χ1v) is 8.08. The maximum atomic E-state index is 12.5. The van der Waals surface area contributed by atoms with Crippen LogP contribution in [-0.4, -0.2) is 42.0 Å². The van der Waals surface area contributed by atoms with Crippen LogP contribution in [0.1, 0.15) is 38.5 Å². The van der Waals surface area contributed by atoms with Crippen molar-refractivity contribution < 1.29 is 4.79 Å². The molecule has 0 amide bonds. The van der Waals surface area contributed by atoms with E-state index in [2.05, 4.69) is 22.5 Å². The van der Waals surface area contributed by atoms with Gasteiger partial charge in [-0.05, 0) is 44.1 Å². The van der Waals surface area contributed by atoms with Gasteiger partial charge in [-0.2, -0.15) is 0 Å². The fourth-order valence-corrected chi connectivity index (χ4v) is 3.50. The Balaban J connectivity index is 1.51. The number of Topliss-reactive ketones (excluding diaryl/α,β-unsaturated/α-hetero) is 1. The Bertz CT molecular complexity index is 399. The van der Waals surface area contributed by atoms with Gasteiger partial charge in [0.05, 0.1) is 0 Å². The van der Waals surface area contributed by atoms with Crippen molar-refractivity contribution in [1.82, 2.24) is 10.0 Å². The Kier molecular flexibility index (Phi) is 4.69. The first kappa shape index (κ1) is 14.0. The molecule has 0 bridgehead atoms. The molecule has 0 saturated carbocycles. The number of nitrogens with zero attached hydrogens (tertiary/aromatic N) is 2. The molecule has 0 unspecified atom stereocenters. The molecule has 2 fully saturated rings. The highest BCUT2D eigenvalue weighted by molar-refractivity contribution is 5.99. The van der Waals surface area contributed by atoms with Gasteiger partial charge in [-0.25, -0.2) is 10.0 Å². The molecule has 2 saturated heterocycles. The highest BCUT2D eigenvalue weighted by Gasteiger charge is 2.29. The molecule has 20 heavy (non-hydrogen) atoms. The molecular formula is C17H25N2O. The molecule has 0 aromatic carbocycles. The van der Waals surface area contributed by atoms with Crippen LogP contribution in [-0.2, 0) is 4.79 Å². The molecule has 0 N–H and O–H groups in total. The Morgan fingerprint density at radius 2 is 1.70 bits per heavy atom. The van der Waals surface area contributed by atoms with Gasteiger partial charge in [0.2, 0.25) is 0 Å². The minimum absolute atomic E-state index is 0.241. The number of hydrogen-bond acceptors (Lipinski definition) is 3. The van der Waals surface area contributed by atoms with Crippen molar-refractivity contribution in [3.63, 3.8) is 0 Å². The number of hydrogen-bond donors (Lipinski definition) is 0. The topological polar surface area (TPSA) is 23.6 Å². The molecular weight excluding hydrogens is 248 g/mol. The van der Waals surface area contributed by atoms with Crippen LogP contribution in [0.5, 0.6) is 0 Å². The van der Waals surface area contributed by atoms with Crippen molar-refractivity contribution in [3.05, 3.63) is 30.2 Å². The van der Waals surface area contributed by atoms with E-state index in [4.69, 9.17) is 0 Å². The molecule has 1 aliphatic carbocycles. The average Bonchev–Trinajstić information content (AvgIpc) is 2.56. The summed E-state index contributed by atoms with van der Waals surface area (Å²) in [6.45, 7) is 4.53. The van der Waals surface area contributed by atoms with Crippen molar-refractivity contribution in [2.75, 3.05) is 26.2 Å². The van der Waals surface area contributed by atoms with Gasteiger partial charge in [0.25, 0.3) is 0 Å². The van der Waals surface area contributed by atoms with Gasteiger partial charge in [-0.3, -0.25) is 4.79 Å². The number of ketones is 1. The Labute approximate surface area is 122 Å². The lowest BCUT2D eigenvalue weighted by Gasteiger charge is -2.41. The van der Waals surface area contributed by atoms with E-state index < -0.39 is 0 Å². The lowest BCUT2D eigenvalue weighted by atomic mass is 9.86. The molecule has 2 heterocycles. The zero-order valence-corrected chi connectivity index (χ0v) is 12.3. The maximum absolute atomic E-state index is 12.5. The van der Waals surface area contributed by atoms with E-state index in [1.54, 1.807) is 0 Å². The fraction of sp³-hybridized carbons (Fsp3) is 0.647. The predicted octanol–water partition coefficient (Wildman–Crippen LogP) is 2.76. The van der Waals surface area contributed by atoms with Gasteiger partial charge in [0.15, 0.2) is 5.78 Å². The lowest BCUT2D eigenvalue weighted by molar-refractivity contribution is -0.123. The minimum Gasteiger partial charge on any atom is -0.294 e. The van der Waals surface area contributed by atoms with Crippen LogP contribution in [0.25, 0.3) is 0 Å². The largest absolute Gasteiger partial charge is 0.294 e. The van der Waals surface area contributed by atoms with E-state index >= 15 is 0 Å². The number of piperidine rings is 2. The molecule has 3 aliphatic rings. The number of hydrazine groups is 1. The summed E-state index contributed by atoms with van der Waals surface area (Å²) in [6, 6.07) is 0. The molecule has 0 aromatic heterocycles. The summed E-state index contributed by atoms with van der Waals surface area (Å²) < 4.78 is 0. The van der Waals surface area contributed by atoms with Gasteiger partial charge >= 0.3 is 0 Å². The highest BCUT2D eigenvalue weighted by Crippen LogP contribution is 2.26. The predicted molar refractivity (Wildman–Crippen MR) is 80.9 cm³/mol. The zero-order valence-electron chi connectivity index (χ0n) is 12.3. The van der Waals surface area contributed by atoms with Crippen LogP contribution in [0.3, 0.4) is 0 Å². The molecule has 0 aromatic rings. The second kappa shape index (κ2) is 6.68. The number of allylic oxidation sites excluding steroid dienone is 4. The third-order valence-corrected chi connectivity index (χ3v) is 4.74. The smallest absolute Gasteiger partial charge is 0.162 e. The summed E-state index contributed by atoms with van der Waals surface area (Å²) in [7, 11) is 0. The molecule has 3 nitrogen and oxygen atoms in total. The average molecular weight is 273 g/mol. The van der Waals surface area contributed by atoms with Crippen LogP contribution in [0.15, 0.2) is 23.8 Å². The summed E-state index contributed by atoms with van der Waals surface area (Å²) in [6.07, 6.45) is 15.1. The minimum atomic E-state index is 0.241.